The number of allylic oxidation sites excluding steroid dienone is 2. The molecule has 3 heteroatoms. The van der Waals surface area contributed by atoms with Crippen LogP contribution in [-0.2, 0) is 19.4 Å². The maximum atomic E-state index is 10.6. The first-order chi connectivity index (χ1) is 14.6. The van der Waals surface area contributed by atoms with Crippen LogP contribution in [0, 0.1) is 17.8 Å². The minimum atomic E-state index is -0.466. The van der Waals surface area contributed by atoms with E-state index in [9.17, 15) is 10.2 Å². The van der Waals surface area contributed by atoms with Crippen LogP contribution in [0.25, 0.3) is 0 Å². The van der Waals surface area contributed by atoms with Gasteiger partial charge in [0.05, 0.1) is 12.2 Å². The molecule has 0 aromatic heterocycles. The predicted octanol–water partition coefficient (Wildman–Crippen LogP) is 4.18. The maximum Gasteiger partial charge on any atom is 0.0724 e. The lowest BCUT2D eigenvalue weighted by Crippen LogP contribution is -2.18. The smallest absolute Gasteiger partial charge is 0.0724 e. The van der Waals surface area contributed by atoms with Gasteiger partial charge < -0.3 is 15.9 Å². The van der Waals surface area contributed by atoms with Crippen molar-refractivity contribution in [1.82, 2.24) is 0 Å². The first kappa shape index (κ1) is 21.0. The van der Waals surface area contributed by atoms with Crippen LogP contribution in [-0.4, -0.2) is 22.4 Å². The predicted molar refractivity (Wildman–Crippen MR) is 122 cm³/mol. The van der Waals surface area contributed by atoms with E-state index in [2.05, 4.69) is 48.6 Å². The highest BCUT2D eigenvalue weighted by Gasteiger charge is 2.43. The lowest BCUT2D eigenvalue weighted by Gasteiger charge is -2.19. The van der Waals surface area contributed by atoms with E-state index in [0.717, 1.165) is 31.2 Å². The average molecular weight is 404 g/mol. The Morgan fingerprint density at radius 1 is 1.00 bits per heavy atom. The summed E-state index contributed by atoms with van der Waals surface area (Å²) in [5.41, 5.74) is 10.9. The SMILES string of the molecule is NCc1ccc(CC2=CC3C[C@@H](O)[C@H](/C=C/[C@@H](O)CCc4ccccc4)[C@H]3C2)cc1. The second-order valence-electron chi connectivity index (χ2n) is 8.91. The third-order valence-electron chi connectivity index (χ3n) is 6.77. The van der Waals surface area contributed by atoms with Crippen LogP contribution in [0.5, 0.6) is 0 Å². The quantitative estimate of drug-likeness (QED) is 0.579. The Kier molecular flexibility index (Phi) is 6.83. The van der Waals surface area contributed by atoms with Gasteiger partial charge in [0.15, 0.2) is 0 Å². The first-order valence-corrected chi connectivity index (χ1v) is 11.2. The van der Waals surface area contributed by atoms with E-state index in [4.69, 9.17) is 5.73 Å². The highest BCUT2D eigenvalue weighted by Crippen LogP contribution is 2.47. The molecule has 0 spiro atoms. The number of benzene rings is 2. The molecule has 0 bridgehead atoms. The zero-order chi connectivity index (χ0) is 20.9. The van der Waals surface area contributed by atoms with E-state index in [0.29, 0.717) is 24.8 Å². The molecule has 3 nitrogen and oxygen atoms in total. The molecule has 4 rings (SSSR count). The number of aryl methyl sites for hydroxylation is 1. The zero-order valence-corrected chi connectivity index (χ0v) is 17.5. The Morgan fingerprint density at radius 2 is 1.73 bits per heavy atom. The van der Waals surface area contributed by atoms with Crippen molar-refractivity contribution in [2.45, 2.75) is 50.9 Å². The van der Waals surface area contributed by atoms with Gasteiger partial charge in [-0.3, -0.25) is 0 Å². The molecule has 0 amide bonds. The molecule has 5 atom stereocenters. The van der Waals surface area contributed by atoms with Crippen LogP contribution in [0.3, 0.4) is 0 Å². The van der Waals surface area contributed by atoms with E-state index in [1.165, 1.54) is 16.7 Å². The lowest BCUT2D eigenvalue weighted by molar-refractivity contribution is 0.140. The van der Waals surface area contributed by atoms with Crippen LogP contribution in [0.4, 0.5) is 0 Å². The summed E-state index contributed by atoms with van der Waals surface area (Å²) in [5.74, 6) is 1.04. The van der Waals surface area contributed by atoms with Gasteiger partial charge in [-0.1, -0.05) is 78.4 Å². The van der Waals surface area contributed by atoms with Crippen molar-refractivity contribution in [2.75, 3.05) is 0 Å². The molecule has 1 saturated carbocycles. The molecular formula is C27H33NO2. The second-order valence-corrected chi connectivity index (χ2v) is 8.91. The van der Waals surface area contributed by atoms with Gasteiger partial charge in [-0.15, -0.1) is 0 Å². The van der Waals surface area contributed by atoms with E-state index in [1.54, 1.807) is 0 Å². The standard InChI is InChI=1S/C27H33NO2/c28-18-21-8-6-20(7-9-21)14-22-15-23-17-27(30)25(26(23)16-22)13-12-24(29)11-10-19-4-2-1-3-5-19/h1-9,12-13,15,23-27,29-30H,10-11,14,16-18,28H2/b13-12+/t23?,24-,25+,26-,27+/m0/s1. The summed E-state index contributed by atoms with van der Waals surface area (Å²) in [6.07, 6.45) is 10.0. The number of aliphatic hydroxyl groups is 2. The topological polar surface area (TPSA) is 66.5 Å². The first-order valence-electron chi connectivity index (χ1n) is 11.2. The Balaban J connectivity index is 1.31. The van der Waals surface area contributed by atoms with E-state index in [1.807, 2.05) is 24.3 Å². The minimum Gasteiger partial charge on any atom is -0.392 e. The Bertz CT molecular complexity index is 871. The number of hydrogen-bond acceptors (Lipinski definition) is 3. The molecule has 2 aromatic rings. The Morgan fingerprint density at radius 3 is 2.47 bits per heavy atom. The summed E-state index contributed by atoms with van der Waals surface area (Å²) in [5, 5.41) is 21.0. The van der Waals surface area contributed by atoms with Gasteiger partial charge in [-0.2, -0.15) is 0 Å². The van der Waals surface area contributed by atoms with E-state index in [-0.39, 0.29) is 12.0 Å². The third kappa shape index (κ3) is 5.10. The van der Waals surface area contributed by atoms with Crippen molar-refractivity contribution < 1.29 is 10.2 Å². The van der Waals surface area contributed by atoms with E-state index < -0.39 is 6.10 Å². The number of fused-ring (bicyclic) bond motifs is 1. The molecule has 2 aliphatic rings. The minimum absolute atomic E-state index is 0.134. The number of nitrogens with two attached hydrogens (primary N) is 1. The van der Waals surface area contributed by atoms with Gasteiger partial charge >= 0.3 is 0 Å². The van der Waals surface area contributed by atoms with Crippen molar-refractivity contribution >= 4 is 0 Å². The molecule has 1 fully saturated rings. The largest absolute Gasteiger partial charge is 0.392 e. The van der Waals surface area contributed by atoms with Gasteiger partial charge in [0.25, 0.3) is 0 Å². The Labute approximate surface area is 180 Å². The van der Waals surface area contributed by atoms with Gasteiger partial charge in [0.1, 0.15) is 0 Å². The van der Waals surface area contributed by atoms with Gasteiger partial charge in [-0.25, -0.2) is 0 Å². The van der Waals surface area contributed by atoms with Crippen LogP contribution >= 0.6 is 0 Å². The molecule has 2 aromatic carbocycles. The molecule has 1 unspecified atom stereocenters. The summed E-state index contributed by atoms with van der Waals surface area (Å²) in [6.45, 7) is 0.580. The zero-order valence-electron chi connectivity index (χ0n) is 17.5. The molecule has 30 heavy (non-hydrogen) atoms. The van der Waals surface area contributed by atoms with Crippen molar-refractivity contribution in [1.29, 1.82) is 0 Å². The molecule has 0 saturated heterocycles. The van der Waals surface area contributed by atoms with Crippen LogP contribution in [0.15, 0.2) is 78.4 Å². The van der Waals surface area contributed by atoms with Crippen LogP contribution in [0.2, 0.25) is 0 Å². The molecule has 0 radical (unpaired) electrons. The van der Waals surface area contributed by atoms with Crippen LogP contribution < -0.4 is 5.73 Å². The fourth-order valence-corrected chi connectivity index (χ4v) is 5.10. The highest BCUT2D eigenvalue weighted by atomic mass is 16.3. The monoisotopic (exact) mass is 403 g/mol. The normalized spacial score (nSPS) is 26.7. The molecular weight excluding hydrogens is 370 g/mol. The summed E-state index contributed by atoms with van der Waals surface area (Å²) in [7, 11) is 0. The molecule has 0 aliphatic heterocycles. The molecule has 2 aliphatic carbocycles. The molecule has 4 N–H and O–H groups in total. The summed E-state index contributed by atoms with van der Waals surface area (Å²) >= 11 is 0. The van der Waals surface area contributed by atoms with Crippen molar-refractivity contribution in [3.63, 3.8) is 0 Å². The van der Waals surface area contributed by atoms with Crippen molar-refractivity contribution in [3.05, 3.63) is 95.1 Å². The Hall–Kier alpha value is -2.20. The summed E-state index contributed by atoms with van der Waals surface area (Å²) in [4.78, 5) is 0. The summed E-state index contributed by atoms with van der Waals surface area (Å²) < 4.78 is 0. The summed E-state index contributed by atoms with van der Waals surface area (Å²) in [6, 6.07) is 18.8. The third-order valence-corrected chi connectivity index (χ3v) is 6.77. The van der Waals surface area contributed by atoms with Crippen molar-refractivity contribution in [3.8, 4) is 0 Å². The van der Waals surface area contributed by atoms with Crippen molar-refractivity contribution in [2.24, 2.45) is 23.5 Å². The van der Waals surface area contributed by atoms with Gasteiger partial charge in [-0.05, 0) is 60.6 Å². The van der Waals surface area contributed by atoms with E-state index >= 15 is 0 Å². The molecule has 0 heterocycles. The fourth-order valence-electron chi connectivity index (χ4n) is 5.10. The highest BCUT2D eigenvalue weighted by molar-refractivity contribution is 5.30. The molecule has 158 valence electrons. The lowest BCUT2D eigenvalue weighted by atomic mass is 9.88. The van der Waals surface area contributed by atoms with Gasteiger partial charge in [0.2, 0.25) is 0 Å². The van der Waals surface area contributed by atoms with Crippen LogP contribution in [0.1, 0.15) is 36.0 Å². The number of aliphatic hydroxyl groups excluding tert-OH is 2. The second kappa shape index (κ2) is 9.74. The number of hydrogen-bond donors (Lipinski definition) is 3. The fraction of sp³-hybridized carbons (Fsp3) is 0.407. The average Bonchev–Trinajstić information content (AvgIpc) is 3.28. The maximum absolute atomic E-state index is 10.6. The van der Waals surface area contributed by atoms with Gasteiger partial charge in [0, 0.05) is 12.5 Å². The number of rotatable bonds is 8.